The minimum absolute atomic E-state index is 0.0833. The smallest absolute Gasteiger partial charge is 0.344 e. The summed E-state index contributed by atoms with van der Waals surface area (Å²) >= 11 is 5.78. The minimum Gasteiger partial charge on any atom is -0.482 e. The highest BCUT2D eigenvalue weighted by molar-refractivity contribution is 6.31. The fourth-order valence-corrected chi connectivity index (χ4v) is 2.40. The number of halogens is 1. The molecule has 1 amide bonds. The van der Waals surface area contributed by atoms with E-state index in [2.05, 4.69) is 19.2 Å². The molecule has 28 heavy (non-hydrogen) atoms. The van der Waals surface area contributed by atoms with Gasteiger partial charge in [-0.05, 0) is 35.7 Å². The predicted octanol–water partition coefficient (Wildman–Crippen LogP) is 3.93. The molecule has 0 aliphatic rings. The minimum atomic E-state index is -0.747. The van der Waals surface area contributed by atoms with Crippen molar-refractivity contribution in [2.75, 3.05) is 18.5 Å². The van der Waals surface area contributed by atoms with Crippen LogP contribution in [0.25, 0.3) is 0 Å². The van der Waals surface area contributed by atoms with Gasteiger partial charge in [-0.25, -0.2) is 4.79 Å². The van der Waals surface area contributed by atoms with E-state index in [-0.39, 0.29) is 23.0 Å². The standard InChI is InChI=1S/C19H19ClN2O6/c1-12(2)13-3-6-15(7-4-13)27-11-19(24)28-10-18(23)21-16-9-14(20)5-8-17(16)22(25)26/h3-9,12H,10-11H2,1-2H3,(H,21,23). The first kappa shape index (κ1) is 21.2. The number of esters is 1. The molecule has 0 fully saturated rings. The fraction of sp³-hybridized carbons (Fsp3) is 0.263. The average Bonchev–Trinajstić information content (AvgIpc) is 2.64. The lowest BCUT2D eigenvalue weighted by molar-refractivity contribution is -0.383. The van der Waals surface area contributed by atoms with Crippen LogP contribution in [-0.2, 0) is 14.3 Å². The second-order valence-corrected chi connectivity index (χ2v) is 6.58. The maximum atomic E-state index is 11.9. The van der Waals surface area contributed by atoms with Crippen molar-refractivity contribution in [1.29, 1.82) is 0 Å². The average molecular weight is 407 g/mol. The Kier molecular flexibility index (Phi) is 7.34. The lowest BCUT2D eigenvalue weighted by Crippen LogP contribution is -2.24. The number of nitrogens with one attached hydrogen (secondary N) is 1. The van der Waals surface area contributed by atoms with Crippen LogP contribution in [0.4, 0.5) is 11.4 Å². The van der Waals surface area contributed by atoms with E-state index in [0.717, 1.165) is 5.56 Å². The molecule has 8 nitrogen and oxygen atoms in total. The molecular weight excluding hydrogens is 388 g/mol. The van der Waals surface area contributed by atoms with Crippen LogP contribution in [0.5, 0.6) is 5.75 Å². The molecule has 0 radical (unpaired) electrons. The number of ether oxygens (including phenoxy) is 2. The second kappa shape index (κ2) is 9.70. The van der Waals surface area contributed by atoms with Gasteiger partial charge < -0.3 is 14.8 Å². The Balaban J connectivity index is 1.82. The van der Waals surface area contributed by atoms with Crippen LogP contribution in [0.15, 0.2) is 42.5 Å². The summed E-state index contributed by atoms with van der Waals surface area (Å²) in [7, 11) is 0. The molecule has 148 valence electrons. The van der Waals surface area contributed by atoms with Crippen LogP contribution in [-0.4, -0.2) is 30.0 Å². The molecule has 0 aliphatic carbocycles. The van der Waals surface area contributed by atoms with Gasteiger partial charge in [-0.2, -0.15) is 0 Å². The molecule has 0 saturated carbocycles. The number of carbonyl (C=O) groups is 2. The fourth-order valence-electron chi connectivity index (χ4n) is 2.23. The van der Waals surface area contributed by atoms with Crippen LogP contribution >= 0.6 is 11.6 Å². The highest BCUT2D eigenvalue weighted by Crippen LogP contribution is 2.27. The third-order valence-corrected chi connectivity index (χ3v) is 3.93. The Hall–Kier alpha value is -3.13. The number of nitro benzene ring substituents is 1. The Labute approximate surface area is 166 Å². The van der Waals surface area contributed by atoms with Gasteiger partial charge >= 0.3 is 5.97 Å². The van der Waals surface area contributed by atoms with Gasteiger partial charge in [-0.1, -0.05) is 37.6 Å². The number of amides is 1. The molecule has 9 heteroatoms. The number of carbonyl (C=O) groups excluding carboxylic acids is 2. The van der Waals surface area contributed by atoms with Crippen molar-refractivity contribution >= 4 is 34.9 Å². The summed E-state index contributed by atoms with van der Waals surface area (Å²) in [5.41, 5.74) is 0.735. The Morgan fingerprint density at radius 3 is 2.43 bits per heavy atom. The molecule has 0 atom stereocenters. The van der Waals surface area contributed by atoms with E-state index in [1.54, 1.807) is 12.1 Å². The van der Waals surface area contributed by atoms with Crippen molar-refractivity contribution in [2.45, 2.75) is 19.8 Å². The highest BCUT2D eigenvalue weighted by atomic mass is 35.5. The van der Waals surface area contributed by atoms with E-state index in [1.807, 2.05) is 12.1 Å². The predicted molar refractivity (Wildman–Crippen MR) is 104 cm³/mol. The first-order chi connectivity index (χ1) is 13.3. The van der Waals surface area contributed by atoms with Crippen molar-refractivity contribution in [3.8, 4) is 5.75 Å². The zero-order valence-electron chi connectivity index (χ0n) is 15.3. The zero-order chi connectivity index (χ0) is 20.7. The molecule has 0 heterocycles. The molecule has 0 bridgehead atoms. The first-order valence-electron chi connectivity index (χ1n) is 8.38. The number of nitrogens with zero attached hydrogens (tertiary/aromatic N) is 1. The third-order valence-electron chi connectivity index (χ3n) is 3.70. The summed E-state index contributed by atoms with van der Waals surface area (Å²) < 4.78 is 10.1. The Bertz CT molecular complexity index is 867. The summed E-state index contributed by atoms with van der Waals surface area (Å²) in [6.07, 6.45) is 0. The van der Waals surface area contributed by atoms with Crippen molar-refractivity contribution in [2.24, 2.45) is 0 Å². The summed E-state index contributed by atoms with van der Waals surface area (Å²) in [5.74, 6) is -0.600. The molecule has 0 unspecified atom stereocenters. The maximum Gasteiger partial charge on any atom is 0.344 e. The maximum absolute atomic E-state index is 11.9. The van der Waals surface area contributed by atoms with Gasteiger partial charge in [0.15, 0.2) is 13.2 Å². The van der Waals surface area contributed by atoms with E-state index in [0.29, 0.717) is 11.7 Å². The quantitative estimate of drug-likeness (QED) is 0.404. The summed E-state index contributed by atoms with van der Waals surface area (Å²) in [5, 5.41) is 13.5. The van der Waals surface area contributed by atoms with E-state index < -0.39 is 23.4 Å². The number of anilines is 1. The number of hydrogen-bond donors (Lipinski definition) is 1. The summed E-state index contributed by atoms with van der Waals surface area (Å²) in [4.78, 5) is 33.9. The van der Waals surface area contributed by atoms with Crippen molar-refractivity contribution < 1.29 is 24.0 Å². The van der Waals surface area contributed by atoms with Gasteiger partial charge in [0.1, 0.15) is 11.4 Å². The monoisotopic (exact) mass is 406 g/mol. The molecule has 2 rings (SSSR count). The molecule has 1 N–H and O–H groups in total. The molecular formula is C19H19ClN2O6. The number of rotatable bonds is 8. The number of hydrogen-bond acceptors (Lipinski definition) is 6. The lowest BCUT2D eigenvalue weighted by atomic mass is 10.0. The van der Waals surface area contributed by atoms with Crippen molar-refractivity contribution in [3.05, 3.63) is 63.2 Å². The van der Waals surface area contributed by atoms with Gasteiger partial charge in [0.05, 0.1) is 4.92 Å². The van der Waals surface area contributed by atoms with Crippen molar-refractivity contribution in [3.63, 3.8) is 0 Å². The lowest BCUT2D eigenvalue weighted by Gasteiger charge is -2.09. The molecule has 2 aromatic carbocycles. The van der Waals surface area contributed by atoms with Crippen LogP contribution in [0.1, 0.15) is 25.3 Å². The van der Waals surface area contributed by atoms with E-state index in [1.165, 1.54) is 18.2 Å². The van der Waals surface area contributed by atoms with Gasteiger partial charge in [-0.3, -0.25) is 14.9 Å². The van der Waals surface area contributed by atoms with Gasteiger partial charge in [-0.15, -0.1) is 0 Å². The molecule has 0 aromatic heterocycles. The zero-order valence-corrected chi connectivity index (χ0v) is 16.1. The van der Waals surface area contributed by atoms with Crippen LogP contribution in [0.3, 0.4) is 0 Å². The van der Waals surface area contributed by atoms with Gasteiger partial charge in [0.2, 0.25) is 0 Å². The molecule has 0 spiro atoms. The first-order valence-corrected chi connectivity index (χ1v) is 8.76. The molecule has 0 aliphatic heterocycles. The topological polar surface area (TPSA) is 108 Å². The summed E-state index contributed by atoms with van der Waals surface area (Å²) in [6, 6.07) is 11.0. The van der Waals surface area contributed by atoms with Crippen LogP contribution in [0.2, 0.25) is 5.02 Å². The van der Waals surface area contributed by atoms with Crippen LogP contribution in [0, 0.1) is 10.1 Å². The van der Waals surface area contributed by atoms with Gasteiger partial charge in [0.25, 0.3) is 11.6 Å². The van der Waals surface area contributed by atoms with Gasteiger partial charge in [0, 0.05) is 11.1 Å². The number of benzene rings is 2. The largest absolute Gasteiger partial charge is 0.482 e. The van der Waals surface area contributed by atoms with E-state index in [4.69, 9.17) is 21.1 Å². The van der Waals surface area contributed by atoms with Crippen molar-refractivity contribution in [1.82, 2.24) is 0 Å². The highest BCUT2D eigenvalue weighted by Gasteiger charge is 2.17. The van der Waals surface area contributed by atoms with Crippen LogP contribution < -0.4 is 10.1 Å². The summed E-state index contributed by atoms with van der Waals surface area (Å²) in [6.45, 7) is 3.15. The van der Waals surface area contributed by atoms with E-state index in [9.17, 15) is 19.7 Å². The second-order valence-electron chi connectivity index (χ2n) is 6.14. The molecule has 2 aromatic rings. The SMILES string of the molecule is CC(C)c1ccc(OCC(=O)OCC(=O)Nc2cc(Cl)ccc2[N+](=O)[O-])cc1. The molecule has 0 saturated heterocycles. The normalized spacial score (nSPS) is 10.4. The Morgan fingerprint density at radius 1 is 1.14 bits per heavy atom. The third kappa shape index (κ3) is 6.24. The number of nitro groups is 1. The Morgan fingerprint density at radius 2 is 1.82 bits per heavy atom. The van der Waals surface area contributed by atoms with E-state index >= 15 is 0 Å².